The van der Waals surface area contributed by atoms with Crippen LogP contribution in [0.1, 0.15) is 18.4 Å². The number of para-hydroxylation sites is 1. The first-order chi connectivity index (χ1) is 10.1. The minimum atomic E-state index is -0.836. The van der Waals surface area contributed by atoms with E-state index in [9.17, 15) is 9.59 Å². The quantitative estimate of drug-likeness (QED) is 0.885. The maximum atomic E-state index is 12.1. The van der Waals surface area contributed by atoms with Gasteiger partial charge < -0.3 is 20.1 Å². The Hall–Kier alpha value is -2.24. The Morgan fingerprint density at radius 3 is 2.90 bits per heavy atom. The number of carbonyl (C=O) groups excluding carboxylic acids is 1. The molecule has 0 radical (unpaired) electrons. The van der Waals surface area contributed by atoms with Crippen LogP contribution in [0.3, 0.4) is 0 Å². The largest absolute Gasteiger partial charge is 0.496 e. The van der Waals surface area contributed by atoms with Crippen LogP contribution in [0.2, 0.25) is 0 Å². The van der Waals surface area contributed by atoms with Crippen molar-refractivity contribution in [2.24, 2.45) is 5.92 Å². The molecule has 2 rings (SSSR count). The van der Waals surface area contributed by atoms with Crippen LogP contribution in [0.15, 0.2) is 24.3 Å². The summed E-state index contributed by atoms with van der Waals surface area (Å²) in [5, 5.41) is 11.9. The number of urea groups is 1. The highest BCUT2D eigenvalue weighted by Crippen LogP contribution is 2.18. The van der Waals surface area contributed by atoms with Gasteiger partial charge in [-0.2, -0.15) is 0 Å². The maximum Gasteiger partial charge on any atom is 0.317 e. The molecular weight excluding hydrogens is 272 g/mol. The Balaban J connectivity index is 1.91. The fourth-order valence-electron chi connectivity index (χ4n) is 2.49. The average Bonchev–Trinajstić information content (AvgIpc) is 2.52. The monoisotopic (exact) mass is 292 g/mol. The highest BCUT2D eigenvalue weighted by atomic mass is 16.5. The molecule has 2 N–H and O–H groups in total. The molecule has 1 fully saturated rings. The topological polar surface area (TPSA) is 78.9 Å². The number of methoxy groups -OCH3 is 1. The first-order valence-corrected chi connectivity index (χ1v) is 6.99. The molecule has 1 heterocycles. The van der Waals surface area contributed by atoms with Crippen molar-refractivity contribution in [3.8, 4) is 5.75 Å². The van der Waals surface area contributed by atoms with Gasteiger partial charge in [-0.15, -0.1) is 0 Å². The zero-order valence-corrected chi connectivity index (χ0v) is 12.0. The number of ether oxygens (including phenoxy) is 1. The molecule has 0 aromatic heterocycles. The van der Waals surface area contributed by atoms with Crippen LogP contribution >= 0.6 is 0 Å². The van der Waals surface area contributed by atoms with E-state index in [-0.39, 0.29) is 12.6 Å². The first kappa shape index (κ1) is 15.2. The molecule has 1 saturated heterocycles. The highest BCUT2D eigenvalue weighted by molar-refractivity contribution is 5.76. The van der Waals surface area contributed by atoms with E-state index in [1.54, 1.807) is 12.0 Å². The van der Waals surface area contributed by atoms with Gasteiger partial charge in [0.1, 0.15) is 5.75 Å². The number of aliphatic carboxylic acids is 1. The third-order valence-corrected chi connectivity index (χ3v) is 3.68. The Morgan fingerprint density at radius 1 is 1.43 bits per heavy atom. The van der Waals surface area contributed by atoms with E-state index >= 15 is 0 Å². The van der Waals surface area contributed by atoms with Crippen molar-refractivity contribution < 1.29 is 19.4 Å². The fraction of sp³-hybridized carbons (Fsp3) is 0.467. The number of piperidine rings is 1. The fourth-order valence-corrected chi connectivity index (χ4v) is 2.49. The second kappa shape index (κ2) is 6.97. The number of nitrogens with zero attached hydrogens (tertiary/aromatic N) is 1. The average molecular weight is 292 g/mol. The molecule has 1 aromatic carbocycles. The summed E-state index contributed by atoms with van der Waals surface area (Å²) in [6, 6.07) is 7.24. The summed E-state index contributed by atoms with van der Waals surface area (Å²) in [4.78, 5) is 24.7. The van der Waals surface area contributed by atoms with Crippen LogP contribution in [-0.2, 0) is 11.3 Å². The summed E-state index contributed by atoms with van der Waals surface area (Å²) in [5.74, 6) is -0.576. The molecule has 1 atom stereocenters. The van der Waals surface area contributed by atoms with Gasteiger partial charge in [-0.3, -0.25) is 4.79 Å². The SMILES string of the molecule is COc1ccccc1CNC(=O)N1CCCC(C(=O)O)C1. The minimum absolute atomic E-state index is 0.230. The molecule has 1 unspecified atom stereocenters. The normalized spacial score (nSPS) is 18.1. The van der Waals surface area contributed by atoms with E-state index in [2.05, 4.69) is 5.32 Å². The van der Waals surface area contributed by atoms with Gasteiger partial charge in [0.05, 0.1) is 13.0 Å². The lowest BCUT2D eigenvalue weighted by atomic mass is 9.99. The summed E-state index contributed by atoms with van der Waals surface area (Å²) in [6.07, 6.45) is 1.35. The molecule has 0 aliphatic carbocycles. The lowest BCUT2D eigenvalue weighted by Crippen LogP contribution is -2.46. The zero-order chi connectivity index (χ0) is 15.2. The number of hydrogen-bond donors (Lipinski definition) is 2. The van der Waals surface area contributed by atoms with Crippen molar-refractivity contribution in [3.63, 3.8) is 0 Å². The lowest BCUT2D eigenvalue weighted by molar-refractivity contribution is -0.143. The van der Waals surface area contributed by atoms with Crippen molar-refractivity contribution in [1.29, 1.82) is 0 Å². The minimum Gasteiger partial charge on any atom is -0.496 e. The van der Waals surface area contributed by atoms with Crippen LogP contribution in [-0.4, -0.2) is 42.2 Å². The van der Waals surface area contributed by atoms with Gasteiger partial charge in [-0.1, -0.05) is 18.2 Å². The third kappa shape index (κ3) is 3.87. The summed E-state index contributed by atoms with van der Waals surface area (Å²) in [6.45, 7) is 1.23. The molecule has 6 nitrogen and oxygen atoms in total. The van der Waals surface area contributed by atoms with E-state index in [1.807, 2.05) is 24.3 Å². The molecule has 6 heteroatoms. The van der Waals surface area contributed by atoms with Gasteiger partial charge in [0.2, 0.25) is 0 Å². The predicted molar refractivity (Wildman–Crippen MR) is 77.2 cm³/mol. The Bertz CT molecular complexity index is 518. The third-order valence-electron chi connectivity index (χ3n) is 3.68. The number of carbonyl (C=O) groups is 2. The van der Waals surface area contributed by atoms with E-state index < -0.39 is 11.9 Å². The van der Waals surface area contributed by atoms with Crippen molar-refractivity contribution in [1.82, 2.24) is 10.2 Å². The van der Waals surface area contributed by atoms with Crippen LogP contribution in [0, 0.1) is 5.92 Å². The van der Waals surface area contributed by atoms with Crippen LogP contribution < -0.4 is 10.1 Å². The summed E-state index contributed by atoms with van der Waals surface area (Å²) in [7, 11) is 1.59. The van der Waals surface area contributed by atoms with Gasteiger partial charge in [-0.05, 0) is 18.9 Å². The number of nitrogens with one attached hydrogen (secondary N) is 1. The van der Waals surface area contributed by atoms with Gasteiger partial charge in [0, 0.05) is 25.2 Å². The van der Waals surface area contributed by atoms with Gasteiger partial charge in [0.15, 0.2) is 0 Å². The van der Waals surface area contributed by atoms with Crippen LogP contribution in [0.4, 0.5) is 4.79 Å². The highest BCUT2D eigenvalue weighted by Gasteiger charge is 2.27. The smallest absolute Gasteiger partial charge is 0.317 e. The number of likely N-dealkylation sites (tertiary alicyclic amines) is 1. The second-order valence-electron chi connectivity index (χ2n) is 5.09. The van der Waals surface area contributed by atoms with Crippen molar-refractivity contribution in [2.45, 2.75) is 19.4 Å². The number of benzene rings is 1. The lowest BCUT2D eigenvalue weighted by Gasteiger charge is -2.30. The Labute approximate surface area is 123 Å². The van der Waals surface area contributed by atoms with E-state index in [4.69, 9.17) is 9.84 Å². The van der Waals surface area contributed by atoms with Crippen LogP contribution in [0.25, 0.3) is 0 Å². The van der Waals surface area contributed by atoms with Crippen molar-refractivity contribution >= 4 is 12.0 Å². The molecule has 0 bridgehead atoms. The zero-order valence-electron chi connectivity index (χ0n) is 12.0. The van der Waals surface area contributed by atoms with Gasteiger partial charge >= 0.3 is 12.0 Å². The van der Waals surface area contributed by atoms with Crippen molar-refractivity contribution in [3.05, 3.63) is 29.8 Å². The van der Waals surface area contributed by atoms with E-state index in [0.29, 0.717) is 19.5 Å². The Morgan fingerprint density at radius 2 is 2.19 bits per heavy atom. The molecule has 1 aliphatic rings. The second-order valence-corrected chi connectivity index (χ2v) is 5.09. The number of hydrogen-bond acceptors (Lipinski definition) is 3. The molecular formula is C15H20N2O4. The number of rotatable bonds is 4. The molecule has 2 amide bonds. The molecule has 1 aromatic rings. The predicted octanol–water partition coefficient (Wildman–Crippen LogP) is 1.70. The first-order valence-electron chi connectivity index (χ1n) is 6.99. The van der Waals surface area contributed by atoms with Crippen molar-refractivity contribution in [2.75, 3.05) is 20.2 Å². The van der Waals surface area contributed by atoms with E-state index in [0.717, 1.165) is 17.7 Å². The molecule has 1 aliphatic heterocycles. The number of carboxylic acids is 1. The van der Waals surface area contributed by atoms with E-state index in [1.165, 1.54) is 0 Å². The summed E-state index contributed by atoms with van der Waals surface area (Å²) in [5.41, 5.74) is 0.889. The van der Waals surface area contributed by atoms with Crippen LogP contribution in [0.5, 0.6) is 5.75 Å². The molecule has 114 valence electrons. The van der Waals surface area contributed by atoms with Gasteiger partial charge in [0.25, 0.3) is 0 Å². The summed E-state index contributed by atoms with van der Waals surface area (Å²) >= 11 is 0. The number of amides is 2. The molecule has 0 spiro atoms. The Kier molecular flexibility index (Phi) is 5.03. The summed E-state index contributed by atoms with van der Waals surface area (Å²) < 4.78 is 5.23. The maximum absolute atomic E-state index is 12.1. The number of carboxylic acid groups (broad SMARTS) is 1. The standard InChI is InChI=1S/C15H20N2O4/c1-21-13-7-3-2-5-11(13)9-16-15(20)17-8-4-6-12(10-17)14(18)19/h2-3,5,7,12H,4,6,8-10H2,1H3,(H,16,20)(H,18,19). The van der Waals surface area contributed by atoms with Gasteiger partial charge in [-0.25, -0.2) is 4.79 Å². The molecule has 0 saturated carbocycles. The molecule has 21 heavy (non-hydrogen) atoms.